The van der Waals surface area contributed by atoms with Crippen molar-refractivity contribution in [3.63, 3.8) is 0 Å². The summed E-state index contributed by atoms with van der Waals surface area (Å²) in [5, 5.41) is 6.20. The Labute approximate surface area is 146 Å². The predicted molar refractivity (Wildman–Crippen MR) is 99.9 cm³/mol. The van der Waals surface area contributed by atoms with Gasteiger partial charge in [0.25, 0.3) is 0 Å². The molecule has 3 rings (SSSR count). The molecule has 2 aromatic carbocycles. The minimum atomic E-state index is 0.749. The molecule has 1 N–H and O–H groups in total. The second kappa shape index (κ2) is 6.93. The number of ether oxygens (including phenoxy) is 2. The minimum Gasteiger partial charge on any atom is -0.497 e. The van der Waals surface area contributed by atoms with Gasteiger partial charge in [0.15, 0.2) is 5.13 Å². The summed E-state index contributed by atoms with van der Waals surface area (Å²) in [5.41, 5.74) is 5.44. The van der Waals surface area contributed by atoms with Gasteiger partial charge in [-0.2, -0.15) is 0 Å². The van der Waals surface area contributed by atoms with Crippen LogP contribution < -0.4 is 14.8 Å². The van der Waals surface area contributed by atoms with E-state index in [2.05, 4.69) is 42.7 Å². The topological polar surface area (TPSA) is 43.4 Å². The van der Waals surface area contributed by atoms with Gasteiger partial charge in [-0.25, -0.2) is 4.98 Å². The van der Waals surface area contributed by atoms with Crippen molar-refractivity contribution >= 4 is 22.2 Å². The Hall–Kier alpha value is -2.53. The molecule has 0 bridgehead atoms. The molecule has 0 aliphatic heterocycles. The van der Waals surface area contributed by atoms with Gasteiger partial charge < -0.3 is 14.8 Å². The molecule has 0 spiro atoms. The van der Waals surface area contributed by atoms with Gasteiger partial charge in [-0.05, 0) is 31.5 Å². The van der Waals surface area contributed by atoms with Crippen LogP contribution in [0.25, 0.3) is 11.3 Å². The Morgan fingerprint density at radius 2 is 1.83 bits per heavy atom. The van der Waals surface area contributed by atoms with Gasteiger partial charge in [0.2, 0.25) is 0 Å². The van der Waals surface area contributed by atoms with Crippen molar-refractivity contribution in [3.8, 4) is 22.8 Å². The van der Waals surface area contributed by atoms with E-state index in [9.17, 15) is 0 Å². The van der Waals surface area contributed by atoms with Gasteiger partial charge in [0.1, 0.15) is 11.5 Å². The fourth-order valence-electron chi connectivity index (χ4n) is 2.58. The number of hydrogen-bond acceptors (Lipinski definition) is 5. The van der Waals surface area contributed by atoms with Gasteiger partial charge in [-0.1, -0.05) is 23.8 Å². The van der Waals surface area contributed by atoms with Crippen molar-refractivity contribution in [2.75, 3.05) is 19.5 Å². The molecule has 5 heteroatoms. The molecule has 0 fully saturated rings. The molecule has 1 heterocycles. The number of rotatable bonds is 5. The molecule has 0 atom stereocenters. The molecular weight excluding hydrogens is 320 g/mol. The smallest absolute Gasteiger partial charge is 0.187 e. The number of aromatic nitrogens is 1. The number of nitrogens with one attached hydrogen (secondary N) is 1. The number of anilines is 2. The van der Waals surface area contributed by atoms with Crippen LogP contribution in [0.15, 0.2) is 41.8 Å². The molecule has 124 valence electrons. The summed E-state index contributed by atoms with van der Waals surface area (Å²) in [6.07, 6.45) is 0. The largest absolute Gasteiger partial charge is 0.497 e. The van der Waals surface area contributed by atoms with Gasteiger partial charge in [-0.3, -0.25) is 0 Å². The molecule has 1 aromatic heterocycles. The van der Waals surface area contributed by atoms with E-state index in [0.29, 0.717) is 0 Å². The molecule has 0 unspecified atom stereocenters. The van der Waals surface area contributed by atoms with E-state index >= 15 is 0 Å². The van der Waals surface area contributed by atoms with E-state index in [1.807, 2.05) is 18.2 Å². The van der Waals surface area contributed by atoms with Crippen molar-refractivity contribution in [1.29, 1.82) is 0 Å². The minimum absolute atomic E-state index is 0.749. The Morgan fingerprint density at radius 3 is 2.54 bits per heavy atom. The van der Waals surface area contributed by atoms with Crippen LogP contribution in [0.2, 0.25) is 0 Å². The normalized spacial score (nSPS) is 10.5. The van der Waals surface area contributed by atoms with E-state index in [-0.39, 0.29) is 0 Å². The summed E-state index contributed by atoms with van der Waals surface area (Å²) in [6.45, 7) is 4.21. The lowest BCUT2D eigenvalue weighted by molar-refractivity contribution is 0.405. The summed E-state index contributed by atoms with van der Waals surface area (Å²) in [7, 11) is 3.29. The molecule has 24 heavy (non-hydrogen) atoms. The summed E-state index contributed by atoms with van der Waals surface area (Å²) in [5.74, 6) is 1.52. The molecule has 3 aromatic rings. The van der Waals surface area contributed by atoms with Crippen molar-refractivity contribution in [3.05, 3.63) is 52.9 Å². The molecule has 0 saturated heterocycles. The number of nitrogens with zero attached hydrogens (tertiary/aromatic N) is 1. The highest BCUT2D eigenvalue weighted by molar-refractivity contribution is 7.14. The number of methoxy groups -OCH3 is 2. The van der Waals surface area contributed by atoms with Gasteiger partial charge >= 0.3 is 0 Å². The number of hydrogen-bond donors (Lipinski definition) is 1. The average molecular weight is 340 g/mol. The van der Waals surface area contributed by atoms with Crippen LogP contribution in [0.4, 0.5) is 10.8 Å². The second-order valence-corrected chi connectivity index (χ2v) is 6.41. The summed E-state index contributed by atoms with van der Waals surface area (Å²) < 4.78 is 10.7. The molecule has 0 amide bonds. The fraction of sp³-hybridized carbons (Fsp3) is 0.211. The summed E-state index contributed by atoms with van der Waals surface area (Å²) in [4.78, 5) is 4.71. The highest BCUT2D eigenvalue weighted by Gasteiger charge is 2.10. The number of thiazole rings is 1. The van der Waals surface area contributed by atoms with Gasteiger partial charge in [0, 0.05) is 17.0 Å². The summed E-state index contributed by atoms with van der Waals surface area (Å²) in [6, 6.07) is 12.0. The molecule has 0 radical (unpaired) electrons. The molecule has 4 nitrogen and oxygen atoms in total. The summed E-state index contributed by atoms with van der Waals surface area (Å²) >= 11 is 1.57. The SMILES string of the molecule is COc1ccc(OC)c(Nc2nc(-c3ccc(C)cc3C)cs2)c1. The van der Waals surface area contributed by atoms with E-state index < -0.39 is 0 Å². The predicted octanol–water partition coefficient (Wildman–Crippen LogP) is 5.19. The Kier molecular flexibility index (Phi) is 4.71. The van der Waals surface area contributed by atoms with E-state index in [1.165, 1.54) is 11.1 Å². The highest BCUT2D eigenvalue weighted by atomic mass is 32.1. The Morgan fingerprint density at radius 1 is 1.00 bits per heavy atom. The third-order valence-corrected chi connectivity index (χ3v) is 4.57. The molecule has 0 aliphatic rings. The van der Waals surface area contributed by atoms with Crippen LogP contribution in [0.3, 0.4) is 0 Å². The third kappa shape index (κ3) is 3.36. The quantitative estimate of drug-likeness (QED) is 0.694. The maximum absolute atomic E-state index is 5.40. The van der Waals surface area contributed by atoms with E-state index in [1.54, 1.807) is 25.6 Å². The van der Waals surface area contributed by atoms with Crippen LogP contribution in [-0.2, 0) is 0 Å². The maximum atomic E-state index is 5.40. The fourth-order valence-corrected chi connectivity index (χ4v) is 3.31. The maximum Gasteiger partial charge on any atom is 0.187 e. The first kappa shape index (κ1) is 16.3. The standard InChI is InChI=1S/C19H20N2O2S/c1-12-5-7-15(13(2)9-12)17-11-24-19(21-17)20-16-10-14(22-3)6-8-18(16)23-4/h5-11H,1-4H3,(H,20,21). The average Bonchev–Trinajstić information content (AvgIpc) is 3.03. The van der Waals surface area contributed by atoms with E-state index in [4.69, 9.17) is 14.5 Å². The number of aryl methyl sites for hydroxylation is 2. The molecule has 0 saturated carbocycles. The first-order chi connectivity index (χ1) is 11.6. The van der Waals surface area contributed by atoms with Crippen LogP contribution in [0, 0.1) is 13.8 Å². The third-order valence-electron chi connectivity index (χ3n) is 3.81. The van der Waals surface area contributed by atoms with Crippen LogP contribution >= 0.6 is 11.3 Å². The zero-order chi connectivity index (χ0) is 17.1. The lowest BCUT2D eigenvalue weighted by Gasteiger charge is -2.10. The first-order valence-electron chi connectivity index (χ1n) is 7.63. The Balaban J connectivity index is 1.89. The number of benzene rings is 2. The molecule has 0 aliphatic carbocycles. The van der Waals surface area contributed by atoms with Gasteiger partial charge in [-0.15, -0.1) is 11.3 Å². The van der Waals surface area contributed by atoms with Crippen LogP contribution in [0.1, 0.15) is 11.1 Å². The van der Waals surface area contributed by atoms with Crippen molar-refractivity contribution < 1.29 is 9.47 Å². The zero-order valence-corrected chi connectivity index (χ0v) is 15.0. The Bertz CT molecular complexity index is 858. The van der Waals surface area contributed by atoms with Crippen molar-refractivity contribution in [2.24, 2.45) is 0 Å². The lowest BCUT2D eigenvalue weighted by Crippen LogP contribution is -1.95. The zero-order valence-electron chi connectivity index (χ0n) is 14.2. The monoisotopic (exact) mass is 340 g/mol. The van der Waals surface area contributed by atoms with Crippen molar-refractivity contribution in [2.45, 2.75) is 13.8 Å². The van der Waals surface area contributed by atoms with Crippen molar-refractivity contribution in [1.82, 2.24) is 4.98 Å². The van der Waals surface area contributed by atoms with Crippen LogP contribution in [0.5, 0.6) is 11.5 Å². The highest BCUT2D eigenvalue weighted by Crippen LogP contribution is 2.34. The lowest BCUT2D eigenvalue weighted by atomic mass is 10.0. The molecular formula is C19H20N2O2S. The van der Waals surface area contributed by atoms with E-state index in [0.717, 1.165) is 33.6 Å². The van der Waals surface area contributed by atoms with Gasteiger partial charge in [0.05, 0.1) is 25.6 Å². The second-order valence-electron chi connectivity index (χ2n) is 5.55. The van der Waals surface area contributed by atoms with Crippen LogP contribution in [-0.4, -0.2) is 19.2 Å². The first-order valence-corrected chi connectivity index (χ1v) is 8.51.